The Hall–Kier alpha value is -1.88. The van der Waals surface area contributed by atoms with Gasteiger partial charge in [-0.05, 0) is 24.8 Å². The van der Waals surface area contributed by atoms with Gasteiger partial charge in [0.2, 0.25) is 0 Å². The number of benzene rings is 1. The number of ether oxygens (including phenoxy) is 2. The van der Waals surface area contributed by atoms with Crippen molar-refractivity contribution in [3.63, 3.8) is 0 Å². The van der Waals surface area contributed by atoms with Gasteiger partial charge in [0.15, 0.2) is 0 Å². The lowest BCUT2D eigenvalue weighted by Crippen LogP contribution is -2.59. The summed E-state index contributed by atoms with van der Waals surface area (Å²) in [6.07, 6.45) is 14.6. The number of unbranched alkanes of at least 4 members (excludes halogenated alkanes) is 9. The molecule has 1 aromatic rings. The maximum absolute atomic E-state index is 12.9. The summed E-state index contributed by atoms with van der Waals surface area (Å²) in [7, 11) is 0. The van der Waals surface area contributed by atoms with E-state index in [1.165, 1.54) is 51.4 Å². The van der Waals surface area contributed by atoms with Crippen molar-refractivity contribution in [3.05, 3.63) is 35.9 Å². The van der Waals surface area contributed by atoms with Crippen LogP contribution in [-0.2, 0) is 20.9 Å². The lowest BCUT2D eigenvalue weighted by molar-refractivity contribution is -0.131. The van der Waals surface area contributed by atoms with Gasteiger partial charge in [0.05, 0.1) is 25.3 Å². The molecule has 0 radical (unpaired) electrons. The molecule has 0 N–H and O–H groups in total. The van der Waals surface area contributed by atoms with E-state index in [4.69, 9.17) is 9.47 Å². The number of Topliss-reactive ketones (excluding diaryl/α,β-unsaturated/α-hetero) is 1. The maximum Gasteiger partial charge on any atom is 0.410 e. The number of rotatable bonds is 14. The fraction of sp³-hybridized carbons (Fsp3) is 0.714. The maximum atomic E-state index is 12.9. The molecule has 2 aliphatic heterocycles. The molecule has 0 aromatic heterocycles. The number of carbonyl (C=O) groups is 2. The average Bonchev–Trinajstić information content (AvgIpc) is 2.83. The van der Waals surface area contributed by atoms with Gasteiger partial charge in [-0.1, -0.05) is 95.0 Å². The SMILES string of the molecule is CCCCCCCCCCCCC(=O)C1CC2COCC(C1)N2C(=O)OCc1ccccc1. The summed E-state index contributed by atoms with van der Waals surface area (Å²) in [5, 5.41) is 0. The third-order valence-corrected chi connectivity index (χ3v) is 7.17. The number of nitrogens with zero attached hydrogens (tertiary/aromatic N) is 1. The number of ketones is 1. The van der Waals surface area contributed by atoms with Crippen molar-refractivity contribution in [3.8, 4) is 0 Å². The summed E-state index contributed by atoms with van der Waals surface area (Å²) in [5.41, 5.74) is 0.980. The normalized spacial score (nSPS) is 22.2. The second kappa shape index (κ2) is 14.4. The summed E-state index contributed by atoms with van der Waals surface area (Å²) < 4.78 is 11.3. The highest BCUT2D eigenvalue weighted by molar-refractivity contribution is 5.81. The number of hydrogen-bond donors (Lipinski definition) is 0. The Labute approximate surface area is 200 Å². The summed E-state index contributed by atoms with van der Waals surface area (Å²) in [6.45, 7) is 3.53. The summed E-state index contributed by atoms with van der Waals surface area (Å²) in [6, 6.07) is 9.63. The van der Waals surface area contributed by atoms with Crippen LogP contribution in [0.4, 0.5) is 4.79 Å². The van der Waals surface area contributed by atoms with E-state index in [-0.39, 0.29) is 30.7 Å². The van der Waals surface area contributed by atoms with Crippen LogP contribution in [0.25, 0.3) is 0 Å². The highest BCUT2D eigenvalue weighted by atomic mass is 16.6. The van der Waals surface area contributed by atoms with Crippen molar-refractivity contribution >= 4 is 11.9 Å². The topological polar surface area (TPSA) is 55.8 Å². The Morgan fingerprint density at radius 2 is 1.45 bits per heavy atom. The van der Waals surface area contributed by atoms with Crippen molar-refractivity contribution < 1.29 is 19.1 Å². The zero-order valence-electron chi connectivity index (χ0n) is 20.5. The first kappa shape index (κ1) is 25.7. The summed E-state index contributed by atoms with van der Waals surface area (Å²) in [5.74, 6) is 0.435. The molecule has 5 heteroatoms. The minimum absolute atomic E-state index is 0.0533. The molecule has 1 amide bonds. The van der Waals surface area contributed by atoms with Crippen LogP contribution in [0.2, 0.25) is 0 Å². The Balaban J connectivity index is 1.34. The van der Waals surface area contributed by atoms with Crippen molar-refractivity contribution in [1.29, 1.82) is 0 Å². The molecular formula is C28H43NO4. The first-order chi connectivity index (χ1) is 16.2. The summed E-state index contributed by atoms with van der Waals surface area (Å²) in [4.78, 5) is 27.5. The smallest absolute Gasteiger partial charge is 0.410 e. The van der Waals surface area contributed by atoms with Crippen molar-refractivity contribution in [2.24, 2.45) is 5.92 Å². The lowest BCUT2D eigenvalue weighted by Gasteiger charge is -2.47. The minimum Gasteiger partial charge on any atom is -0.445 e. The Bertz CT molecular complexity index is 693. The van der Waals surface area contributed by atoms with Crippen LogP contribution in [0, 0.1) is 5.92 Å². The number of fused-ring (bicyclic) bond motifs is 2. The molecule has 2 bridgehead atoms. The fourth-order valence-corrected chi connectivity index (χ4v) is 5.26. The van der Waals surface area contributed by atoms with Gasteiger partial charge >= 0.3 is 6.09 Å². The number of carbonyl (C=O) groups excluding carboxylic acids is 2. The van der Waals surface area contributed by atoms with Crippen LogP contribution in [0.5, 0.6) is 0 Å². The molecule has 1 aromatic carbocycles. The van der Waals surface area contributed by atoms with Gasteiger partial charge in [-0.25, -0.2) is 4.79 Å². The van der Waals surface area contributed by atoms with Crippen LogP contribution in [0.3, 0.4) is 0 Å². The standard InChI is InChI=1S/C28H43NO4/c1-2-3-4-5-6-7-8-9-10-14-17-27(30)24-18-25-21-32-22-26(19-24)29(25)28(31)33-20-23-15-12-11-13-16-23/h11-13,15-16,24-26H,2-10,14,17-22H2,1H3. The van der Waals surface area contributed by atoms with Gasteiger partial charge in [0.1, 0.15) is 12.4 Å². The first-order valence-corrected chi connectivity index (χ1v) is 13.3. The summed E-state index contributed by atoms with van der Waals surface area (Å²) >= 11 is 0. The van der Waals surface area contributed by atoms with Gasteiger partial charge in [-0.15, -0.1) is 0 Å². The van der Waals surface area contributed by atoms with Gasteiger partial charge in [0.25, 0.3) is 0 Å². The number of piperidine rings is 1. The molecule has 2 atom stereocenters. The van der Waals surface area contributed by atoms with Gasteiger partial charge < -0.3 is 9.47 Å². The zero-order valence-corrected chi connectivity index (χ0v) is 20.5. The molecule has 3 rings (SSSR count). The monoisotopic (exact) mass is 457 g/mol. The van der Waals surface area contributed by atoms with E-state index in [2.05, 4.69) is 6.92 Å². The fourth-order valence-electron chi connectivity index (χ4n) is 5.26. The van der Waals surface area contributed by atoms with Gasteiger partial charge in [-0.3, -0.25) is 9.69 Å². The van der Waals surface area contributed by atoms with Crippen molar-refractivity contribution in [2.75, 3.05) is 13.2 Å². The molecule has 2 fully saturated rings. The van der Waals surface area contributed by atoms with E-state index in [9.17, 15) is 9.59 Å². The third kappa shape index (κ3) is 8.44. The molecule has 2 unspecified atom stereocenters. The minimum atomic E-state index is -0.280. The zero-order chi connectivity index (χ0) is 23.3. The Kier molecular flexibility index (Phi) is 11.2. The van der Waals surface area contributed by atoms with E-state index in [1.807, 2.05) is 35.2 Å². The van der Waals surface area contributed by atoms with Gasteiger partial charge in [-0.2, -0.15) is 0 Å². The molecule has 2 heterocycles. The highest BCUT2D eigenvalue weighted by Crippen LogP contribution is 2.33. The Morgan fingerprint density at radius 1 is 0.879 bits per heavy atom. The van der Waals surface area contributed by atoms with Crippen LogP contribution in [0.15, 0.2) is 30.3 Å². The van der Waals surface area contributed by atoms with Crippen LogP contribution >= 0.6 is 0 Å². The van der Waals surface area contributed by atoms with Crippen LogP contribution in [-0.4, -0.2) is 42.1 Å². The van der Waals surface area contributed by atoms with E-state index >= 15 is 0 Å². The molecule has 0 aliphatic carbocycles. The molecule has 0 spiro atoms. The predicted octanol–water partition coefficient (Wildman–Crippen LogP) is 6.68. The Morgan fingerprint density at radius 3 is 2.06 bits per heavy atom. The van der Waals surface area contributed by atoms with Crippen LogP contribution < -0.4 is 0 Å². The van der Waals surface area contributed by atoms with E-state index in [1.54, 1.807) is 0 Å². The highest BCUT2D eigenvalue weighted by Gasteiger charge is 2.44. The van der Waals surface area contributed by atoms with E-state index in [0.717, 1.165) is 18.4 Å². The average molecular weight is 458 g/mol. The van der Waals surface area contributed by atoms with Gasteiger partial charge in [0, 0.05) is 12.3 Å². The number of hydrogen-bond acceptors (Lipinski definition) is 4. The molecule has 2 aliphatic rings. The molecule has 5 nitrogen and oxygen atoms in total. The first-order valence-electron chi connectivity index (χ1n) is 13.3. The lowest BCUT2D eigenvalue weighted by atomic mass is 9.81. The van der Waals surface area contributed by atoms with E-state index in [0.29, 0.717) is 38.3 Å². The molecule has 2 saturated heterocycles. The second-order valence-electron chi connectivity index (χ2n) is 9.86. The quantitative estimate of drug-likeness (QED) is 0.292. The largest absolute Gasteiger partial charge is 0.445 e. The van der Waals surface area contributed by atoms with Crippen LogP contribution in [0.1, 0.15) is 96.0 Å². The van der Waals surface area contributed by atoms with E-state index < -0.39 is 0 Å². The second-order valence-corrected chi connectivity index (χ2v) is 9.86. The molecular weight excluding hydrogens is 414 g/mol. The third-order valence-electron chi connectivity index (χ3n) is 7.17. The molecule has 0 saturated carbocycles. The van der Waals surface area contributed by atoms with Crippen molar-refractivity contribution in [2.45, 2.75) is 109 Å². The van der Waals surface area contributed by atoms with Crippen molar-refractivity contribution in [1.82, 2.24) is 4.90 Å². The molecule has 33 heavy (non-hydrogen) atoms. The predicted molar refractivity (Wildman–Crippen MR) is 131 cm³/mol. The molecule has 184 valence electrons. The number of morpholine rings is 1. The number of amides is 1.